The van der Waals surface area contributed by atoms with Crippen molar-refractivity contribution in [2.24, 2.45) is 5.92 Å². The Morgan fingerprint density at radius 1 is 1.24 bits per heavy atom. The van der Waals surface area contributed by atoms with Gasteiger partial charge in [-0.1, -0.05) is 39.8 Å². The van der Waals surface area contributed by atoms with Crippen LogP contribution in [0.4, 0.5) is 0 Å². The molecule has 0 saturated heterocycles. The average molecular weight is 230 g/mol. The minimum Gasteiger partial charge on any atom is -0.294 e. The summed E-state index contributed by atoms with van der Waals surface area (Å²) in [5.74, 6) is 0.851. The summed E-state index contributed by atoms with van der Waals surface area (Å²) in [7, 11) is 0. The van der Waals surface area contributed by atoms with E-state index in [9.17, 15) is 4.79 Å². The van der Waals surface area contributed by atoms with Crippen LogP contribution in [0.2, 0.25) is 0 Å². The van der Waals surface area contributed by atoms with Crippen molar-refractivity contribution >= 4 is 5.78 Å². The van der Waals surface area contributed by atoms with Crippen LogP contribution in [0.3, 0.4) is 0 Å². The molecule has 0 bridgehead atoms. The summed E-state index contributed by atoms with van der Waals surface area (Å²) in [5, 5.41) is 0. The van der Waals surface area contributed by atoms with E-state index >= 15 is 0 Å². The zero-order chi connectivity index (χ0) is 12.6. The van der Waals surface area contributed by atoms with Gasteiger partial charge in [-0.3, -0.25) is 4.79 Å². The molecule has 0 aliphatic heterocycles. The Labute approximate surface area is 104 Å². The minimum atomic E-state index is 0.118. The lowest BCUT2D eigenvalue weighted by Crippen LogP contribution is -2.13. The second-order valence-electron chi connectivity index (χ2n) is 6.39. The largest absolute Gasteiger partial charge is 0.294 e. The average Bonchev–Trinajstić information content (AvgIpc) is 2.37. The minimum absolute atomic E-state index is 0.118. The molecule has 0 radical (unpaired) electrons. The molecule has 0 fully saturated rings. The van der Waals surface area contributed by atoms with Crippen LogP contribution in [0.15, 0.2) is 18.2 Å². The van der Waals surface area contributed by atoms with Crippen LogP contribution >= 0.6 is 0 Å². The number of hydrogen-bond acceptors (Lipinski definition) is 1. The third kappa shape index (κ3) is 2.59. The van der Waals surface area contributed by atoms with Gasteiger partial charge in [0.1, 0.15) is 0 Å². The van der Waals surface area contributed by atoms with Crippen molar-refractivity contribution in [2.75, 3.05) is 0 Å². The Hall–Kier alpha value is -1.11. The van der Waals surface area contributed by atoms with Crippen LogP contribution in [-0.2, 0) is 11.8 Å². The van der Waals surface area contributed by atoms with Crippen LogP contribution < -0.4 is 0 Å². The first-order valence-electron chi connectivity index (χ1n) is 6.54. The zero-order valence-electron chi connectivity index (χ0n) is 11.3. The lowest BCUT2D eigenvalue weighted by Gasteiger charge is -2.20. The fourth-order valence-electron chi connectivity index (χ4n) is 2.45. The predicted molar refractivity (Wildman–Crippen MR) is 71.6 cm³/mol. The number of carbonyl (C=O) groups excluding carboxylic acids is 1. The Morgan fingerprint density at radius 3 is 2.59 bits per heavy atom. The van der Waals surface area contributed by atoms with Gasteiger partial charge in [-0.2, -0.15) is 0 Å². The SMILES string of the molecule is CC1CCc2ccc(C(C)(C)C)cc2C(=O)C1. The van der Waals surface area contributed by atoms with Gasteiger partial charge in [0, 0.05) is 12.0 Å². The van der Waals surface area contributed by atoms with Gasteiger partial charge in [-0.15, -0.1) is 0 Å². The van der Waals surface area contributed by atoms with Crippen molar-refractivity contribution in [3.63, 3.8) is 0 Å². The number of ketones is 1. The van der Waals surface area contributed by atoms with Gasteiger partial charge in [-0.05, 0) is 41.4 Å². The first-order valence-corrected chi connectivity index (χ1v) is 6.54. The number of benzene rings is 1. The molecule has 0 N–H and O–H groups in total. The monoisotopic (exact) mass is 230 g/mol. The molecule has 1 aromatic rings. The van der Waals surface area contributed by atoms with E-state index in [1.807, 2.05) is 0 Å². The number of carbonyl (C=O) groups is 1. The second-order valence-corrected chi connectivity index (χ2v) is 6.39. The molecule has 1 aliphatic carbocycles. The third-order valence-corrected chi connectivity index (χ3v) is 3.72. The highest BCUT2D eigenvalue weighted by Gasteiger charge is 2.22. The molecule has 0 amide bonds. The molecule has 1 aromatic carbocycles. The fourth-order valence-corrected chi connectivity index (χ4v) is 2.45. The summed E-state index contributed by atoms with van der Waals surface area (Å²) in [6.45, 7) is 8.75. The maximum atomic E-state index is 12.2. The molecule has 1 nitrogen and oxygen atoms in total. The first kappa shape index (κ1) is 12.3. The van der Waals surface area contributed by atoms with E-state index < -0.39 is 0 Å². The highest BCUT2D eigenvalue weighted by molar-refractivity contribution is 5.98. The topological polar surface area (TPSA) is 17.1 Å². The molecular formula is C16H22O. The Bertz CT molecular complexity index is 437. The predicted octanol–water partition coefficient (Wildman–Crippen LogP) is 4.14. The van der Waals surface area contributed by atoms with Crippen molar-refractivity contribution in [1.82, 2.24) is 0 Å². The smallest absolute Gasteiger partial charge is 0.163 e. The fraction of sp³-hybridized carbons (Fsp3) is 0.562. The molecule has 1 atom stereocenters. The van der Waals surface area contributed by atoms with Crippen molar-refractivity contribution in [2.45, 2.75) is 52.4 Å². The molecule has 0 aromatic heterocycles. The highest BCUT2D eigenvalue weighted by atomic mass is 16.1. The van der Waals surface area contributed by atoms with Crippen LogP contribution in [0.5, 0.6) is 0 Å². The van der Waals surface area contributed by atoms with Crippen molar-refractivity contribution in [3.8, 4) is 0 Å². The molecular weight excluding hydrogens is 208 g/mol. The zero-order valence-corrected chi connectivity index (χ0v) is 11.3. The van der Waals surface area contributed by atoms with E-state index in [2.05, 4.69) is 45.9 Å². The molecule has 1 heteroatoms. The lowest BCUT2D eigenvalue weighted by atomic mass is 9.84. The van der Waals surface area contributed by atoms with Gasteiger partial charge < -0.3 is 0 Å². The maximum Gasteiger partial charge on any atom is 0.163 e. The molecule has 2 rings (SSSR count). The van der Waals surface area contributed by atoms with Crippen LogP contribution in [0.1, 0.15) is 62.0 Å². The Kier molecular flexibility index (Phi) is 3.11. The first-order chi connectivity index (χ1) is 7.88. The summed E-state index contributed by atoms with van der Waals surface area (Å²) >= 11 is 0. The van der Waals surface area contributed by atoms with Gasteiger partial charge in [0.15, 0.2) is 5.78 Å². The Morgan fingerprint density at radius 2 is 1.94 bits per heavy atom. The van der Waals surface area contributed by atoms with E-state index in [1.165, 1.54) is 11.1 Å². The summed E-state index contributed by atoms with van der Waals surface area (Å²) in [6, 6.07) is 6.46. The lowest BCUT2D eigenvalue weighted by molar-refractivity contribution is 0.0967. The molecule has 1 unspecified atom stereocenters. The molecule has 1 aliphatic rings. The second kappa shape index (κ2) is 4.29. The van der Waals surface area contributed by atoms with Crippen molar-refractivity contribution in [3.05, 3.63) is 34.9 Å². The summed E-state index contributed by atoms with van der Waals surface area (Å²) in [4.78, 5) is 12.2. The van der Waals surface area contributed by atoms with Gasteiger partial charge >= 0.3 is 0 Å². The number of Topliss-reactive ketones (excluding diaryl/α,β-unsaturated/α-hetero) is 1. The normalized spacial score (nSPS) is 20.9. The van der Waals surface area contributed by atoms with Gasteiger partial charge in [0.25, 0.3) is 0 Å². The standard InChI is InChI=1S/C16H22O/c1-11-5-6-12-7-8-13(16(2,3)4)10-14(12)15(17)9-11/h7-8,10-11H,5-6,9H2,1-4H3. The Balaban J connectivity index is 2.45. The molecule has 0 heterocycles. The molecule has 0 saturated carbocycles. The third-order valence-electron chi connectivity index (χ3n) is 3.72. The number of fused-ring (bicyclic) bond motifs is 1. The van der Waals surface area contributed by atoms with Gasteiger partial charge in [-0.25, -0.2) is 0 Å². The maximum absolute atomic E-state index is 12.2. The van der Waals surface area contributed by atoms with Crippen LogP contribution in [0.25, 0.3) is 0 Å². The van der Waals surface area contributed by atoms with E-state index in [1.54, 1.807) is 0 Å². The quantitative estimate of drug-likeness (QED) is 0.612. The summed E-state index contributed by atoms with van der Waals surface area (Å²) in [6.07, 6.45) is 2.89. The summed E-state index contributed by atoms with van der Waals surface area (Å²) in [5.41, 5.74) is 3.60. The van der Waals surface area contributed by atoms with E-state index in [0.29, 0.717) is 18.1 Å². The number of aryl methyl sites for hydroxylation is 1. The molecule has 17 heavy (non-hydrogen) atoms. The number of hydrogen-bond donors (Lipinski definition) is 0. The van der Waals surface area contributed by atoms with E-state index in [0.717, 1.165) is 18.4 Å². The number of rotatable bonds is 0. The van der Waals surface area contributed by atoms with Crippen LogP contribution in [0, 0.1) is 5.92 Å². The van der Waals surface area contributed by atoms with Crippen LogP contribution in [-0.4, -0.2) is 5.78 Å². The van der Waals surface area contributed by atoms with Gasteiger partial charge in [0.05, 0.1) is 0 Å². The van der Waals surface area contributed by atoms with Crippen molar-refractivity contribution in [1.29, 1.82) is 0 Å². The van der Waals surface area contributed by atoms with Crippen molar-refractivity contribution < 1.29 is 4.79 Å². The van der Waals surface area contributed by atoms with E-state index in [-0.39, 0.29) is 5.41 Å². The molecule has 92 valence electrons. The summed E-state index contributed by atoms with van der Waals surface area (Å²) < 4.78 is 0. The molecule has 0 spiro atoms. The van der Waals surface area contributed by atoms with E-state index in [4.69, 9.17) is 0 Å². The highest BCUT2D eigenvalue weighted by Crippen LogP contribution is 2.29. The van der Waals surface area contributed by atoms with Gasteiger partial charge in [0.2, 0.25) is 0 Å².